The summed E-state index contributed by atoms with van der Waals surface area (Å²) in [5.41, 5.74) is 6.06. The second-order valence-corrected chi connectivity index (χ2v) is 15.0. The minimum absolute atomic E-state index is 0.105. The first-order chi connectivity index (χ1) is 23.3. The van der Waals surface area contributed by atoms with Gasteiger partial charge in [0.2, 0.25) is 11.8 Å². The Labute approximate surface area is 299 Å². The van der Waals surface area contributed by atoms with E-state index in [4.69, 9.17) is 0 Å². The molecule has 0 saturated carbocycles. The number of rotatable bonds is 32. The molecular formula is C44H80N2O2. The average Bonchev–Trinajstić information content (AvgIpc) is 3.08. The highest BCUT2D eigenvalue weighted by atomic mass is 16.2. The maximum atomic E-state index is 12.9. The Kier molecular flexibility index (Phi) is 27.6. The van der Waals surface area contributed by atoms with Gasteiger partial charge in [-0.05, 0) is 62.8 Å². The molecule has 0 unspecified atom stereocenters. The fourth-order valence-electron chi connectivity index (χ4n) is 7.05. The van der Waals surface area contributed by atoms with Gasteiger partial charge in [-0.25, -0.2) is 0 Å². The summed E-state index contributed by atoms with van der Waals surface area (Å²) in [5, 5.41) is 6.44. The molecule has 0 saturated heterocycles. The van der Waals surface area contributed by atoms with Gasteiger partial charge in [0.25, 0.3) is 0 Å². The van der Waals surface area contributed by atoms with Crippen molar-refractivity contribution < 1.29 is 9.59 Å². The molecule has 0 aliphatic rings. The standard InChI is InChI=1S/C44H80N2O2/c1-7-9-11-13-15-17-19-21-23-25-27-29-31-33-35-41(47)45-43-37(3)39(5)44(40(6)38(43)4)46-42(48)36-34-32-30-28-26-24-22-20-18-16-14-12-10-8-2/h7-36H2,1-6H3,(H,45,47)(H,46,48). The second-order valence-electron chi connectivity index (χ2n) is 15.0. The van der Waals surface area contributed by atoms with Crippen LogP contribution in [0.1, 0.15) is 229 Å². The van der Waals surface area contributed by atoms with Crippen LogP contribution in [-0.4, -0.2) is 11.8 Å². The van der Waals surface area contributed by atoms with Crippen molar-refractivity contribution in [3.8, 4) is 0 Å². The van der Waals surface area contributed by atoms with E-state index in [9.17, 15) is 9.59 Å². The third-order valence-electron chi connectivity index (χ3n) is 10.7. The van der Waals surface area contributed by atoms with Crippen LogP contribution in [0.4, 0.5) is 11.4 Å². The smallest absolute Gasteiger partial charge is 0.224 e. The minimum atomic E-state index is 0.105. The lowest BCUT2D eigenvalue weighted by Gasteiger charge is -2.21. The first-order valence-corrected chi connectivity index (χ1v) is 21.0. The Morgan fingerprint density at radius 2 is 0.521 bits per heavy atom. The summed E-state index contributed by atoms with van der Waals surface area (Å²) >= 11 is 0. The third-order valence-corrected chi connectivity index (χ3v) is 10.7. The minimum Gasteiger partial charge on any atom is -0.326 e. The van der Waals surface area contributed by atoms with Crippen LogP contribution in [0.5, 0.6) is 0 Å². The zero-order valence-electron chi connectivity index (χ0n) is 33.0. The number of hydrogen-bond acceptors (Lipinski definition) is 2. The molecule has 0 heterocycles. The van der Waals surface area contributed by atoms with Crippen LogP contribution in [0, 0.1) is 27.7 Å². The summed E-state index contributed by atoms with van der Waals surface area (Å²) in [6.45, 7) is 12.8. The van der Waals surface area contributed by atoms with Crippen LogP contribution in [0.2, 0.25) is 0 Å². The molecule has 0 radical (unpaired) electrons. The van der Waals surface area contributed by atoms with Crippen LogP contribution in [0.25, 0.3) is 0 Å². The van der Waals surface area contributed by atoms with Crippen molar-refractivity contribution in [1.82, 2.24) is 0 Å². The molecule has 48 heavy (non-hydrogen) atoms. The Morgan fingerprint density at radius 3 is 0.729 bits per heavy atom. The highest BCUT2D eigenvalue weighted by molar-refractivity contribution is 5.97. The molecule has 0 spiro atoms. The van der Waals surface area contributed by atoms with E-state index in [0.717, 1.165) is 59.3 Å². The SMILES string of the molecule is CCCCCCCCCCCCCCCCC(=O)Nc1c(C)c(C)c(NC(=O)CCCCCCCCCCCCCCCC)c(C)c1C. The molecule has 0 bridgehead atoms. The lowest BCUT2D eigenvalue weighted by atomic mass is 9.95. The van der Waals surface area contributed by atoms with Gasteiger partial charge < -0.3 is 10.6 Å². The van der Waals surface area contributed by atoms with E-state index >= 15 is 0 Å². The number of nitrogens with one attached hydrogen (secondary N) is 2. The van der Waals surface area contributed by atoms with Crippen LogP contribution in [0.3, 0.4) is 0 Å². The second kappa shape index (κ2) is 30.0. The number of unbranched alkanes of at least 4 members (excludes halogenated alkanes) is 26. The molecular weight excluding hydrogens is 588 g/mol. The van der Waals surface area contributed by atoms with E-state index in [1.807, 2.05) is 0 Å². The molecule has 4 nitrogen and oxygen atoms in total. The van der Waals surface area contributed by atoms with Crippen LogP contribution < -0.4 is 10.6 Å². The fourth-order valence-corrected chi connectivity index (χ4v) is 7.05. The summed E-state index contributed by atoms with van der Waals surface area (Å²) in [7, 11) is 0. The Hall–Kier alpha value is -1.84. The summed E-state index contributed by atoms with van der Waals surface area (Å²) < 4.78 is 0. The maximum absolute atomic E-state index is 12.9. The lowest BCUT2D eigenvalue weighted by Crippen LogP contribution is -2.17. The number of carbonyl (C=O) groups excluding carboxylic acids is 2. The van der Waals surface area contributed by atoms with E-state index in [1.54, 1.807) is 0 Å². The summed E-state index contributed by atoms with van der Waals surface area (Å²) in [6.07, 6.45) is 38.1. The Balaban J connectivity index is 2.23. The zero-order chi connectivity index (χ0) is 35.2. The van der Waals surface area contributed by atoms with Gasteiger partial charge in [0.05, 0.1) is 0 Å². The van der Waals surface area contributed by atoms with E-state index in [-0.39, 0.29) is 11.8 Å². The number of amides is 2. The van der Waals surface area contributed by atoms with Gasteiger partial charge in [0.1, 0.15) is 0 Å². The molecule has 1 aromatic rings. The molecule has 0 aliphatic carbocycles. The molecule has 4 heteroatoms. The maximum Gasteiger partial charge on any atom is 0.224 e. The highest BCUT2D eigenvalue weighted by Gasteiger charge is 2.18. The first kappa shape index (κ1) is 44.2. The molecule has 2 N–H and O–H groups in total. The predicted molar refractivity (Wildman–Crippen MR) is 213 cm³/mol. The zero-order valence-corrected chi connectivity index (χ0v) is 33.0. The Morgan fingerprint density at radius 1 is 0.333 bits per heavy atom. The normalized spacial score (nSPS) is 11.3. The van der Waals surface area contributed by atoms with Gasteiger partial charge in [-0.15, -0.1) is 0 Å². The van der Waals surface area contributed by atoms with Crippen molar-refractivity contribution in [2.45, 2.75) is 234 Å². The highest BCUT2D eigenvalue weighted by Crippen LogP contribution is 2.34. The van der Waals surface area contributed by atoms with Crippen molar-refractivity contribution >= 4 is 23.2 Å². The van der Waals surface area contributed by atoms with E-state index in [2.05, 4.69) is 52.2 Å². The summed E-state index contributed by atoms with van der Waals surface area (Å²) in [5.74, 6) is 0.210. The van der Waals surface area contributed by atoms with Gasteiger partial charge in [-0.3, -0.25) is 9.59 Å². The van der Waals surface area contributed by atoms with Gasteiger partial charge in [0.15, 0.2) is 0 Å². The van der Waals surface area contributed by atoms with Gasteiger partial charge in [0, 0.05) is 24.2 Å². The third kappa shape index (κ3) is 21.3. The number of hydrogen-bond donors (Lipinski definition) is 2. The molecule has 1 aromatic carbocycles. The van der Waals surface area contributed by atoms with E-state index in [0.29, 0.717) is 12.8 Å². The Bertz CT molecular complexity index is 863. The van der Waals surface area contributed by atoms with Gasteiger partial charge >= 0.3 is 0 Å². The van der Waals surface area contributed by atoms with Crippen LogP contribution >= 0.6 is 0 Å². The van der Waals surface area contributed by atoms with Crippen molar-refractivity contribution in [3.63, 3.8) is 0 Å². The van der Waals surface area contributed by atoms with Crippen molar-refractivity contribution in [2.24, 2.45) is 0 Å². The van der Waals surface area contributed by atoms with E-state index < -0.39 is 0 Å². The summed E-state index contributed by atoms with van der Waals surface area (Å²) in [4.78, 5) is 25.7. The van der Waals surface area contributed by atoms with Crippen molar-refractivity contribution in [1.29, 1.82) is 0 Å². The van der Waals surface area contributed by atoms with Crippen LogP contribution in [0.15, 0.2) is 0 Å². The number of anilines is 2. The molecule has 2 amide bonds. The monoisotopic (exact) mass is 669 g/mol. The quantitative estimate of drug-likeness (QED) is 0.0751. The van der Waals surface area contributed by atoms with Gasteiger partial charge in [-0.2, -0.15) is 0 Å². The topological polar surface area (TPSA) is 58.2 Å². The predicted octanol–water partition coefficient (Wildman–Crippen LogP) is 14.5. The molecule has 278 valence electrons. The summed E-state index contributed by atoms with van der Waals surface area (Å²) in [6, 6.07) is 0. The van der Waals surface area contributed by atoms with Crippen molar-refractivity contribution in [3.05, 3.63) is 22.3 Å². The van der Waals surface area contributed by atoms with Crippen molar-refractivity contribution in [2.75, 3.05) is 10.6 Å². The number of benzene rings is 1. The fraction of sp³-hybridized carbons (Fsp3) is 0.818. The van der Waals surface area contributed by atoms with Crippen LogP contribution in [-0.2, 0) is 9.59 Å². The molecule has 1 rings (SSSR count). The van der Waals surface area contributed by atoms with Gasteiger partial charge in [-0.1, -0.05) is 181 Å². The molecule has 0 atom stereocenters. The number of carbonyl (C=O) groups is 2. The van der Waals surface area contributed by atoms with E-state index in [1.165, 1.54) is 154 Å². The molecule has 0 aromatic heterocycles. The first-order valence-electron chi connectivity index (χ1n) is 21.0. The lowest BCUT2D eigenvalue weighted by molar-refractivity contribution is -0.117. The molecule has 0 aliphatic heterocycles. The molecule has 0 fully saturated rings. The average molecular weight is 669 g/mol. The largest absolute Gasteiger partial charge is 0.326 e.